The van der Waals surface area contributed by atoms with Gasteiger partial charge < -0.3 is 5.73 Å². The molecule has 1 aromatic heterocycles. The molecule has 0 atom stereocenters. The van der Waals surface area contributed by atoms with Gasteiger partial charge in [0, 0.05) is 17.1 Å². The maximum Gasteiger partial charge on any atom is 0.200 e. The summed E-state index contributed by atoms with van der Waals surface area (Å²) in [6.45, 7) is 1.82. The van der Waals surface area contributed by atoms with Crippen LogP contribution in [0.25, 0.3) is 11.4 Å². The summed E-state index contributed by atoms with van der Waals surface area (Å²) < 4.78 is 16.9. The van der Waals surface area contributed by atoms with Crippen LogP contribution < -0.4 is 5.73 Å². The molecule has 72 valence electrons. The van der Waals surface area contributed by atoms with Crippen molar-refractivity contribution in [3.05, 3.63) is 29.6 Å². The van der Waals surface area contributed by atoms with Crippen LogP contribution in [-0.2, 0) is 0 Å². The molecule has 0 aliphatic heterocycles. The molecule has 2 aromatic rings. The third-order valence-electron chi connectivity index (χ3n) is 1.87. The number of nitrogen functional groups attached to an aromatic ring is 1. The molecule has 0 aliphatic carbocycles. The Kier molecular flexibility index (Phi) is 2.17. The van der Waals surface area contributed by atoms with E-state index in [0.717, 1.165) is 22.7 Å². The average molecular weight is 209 g/mol. The zero-order valence-corrected chi connectivity index (χ0v) is 8.31. The molecule has 5 heteroatoms. The van der Waals surface area contributed by atoms with Crippen LogP contribution in [0.3, 0.4) is 0 Å². The second kappa shape index (κ2) is 3.34. The minimum Gasteiger partial charge on any atom is -0.374 e. The van der Waals surface area contributed by atoms with Crippen molar-refractivity contribution in [3.63, 3.8) is 0 Å². The van der Waals surface area contributed by atoms with Crippen molar-refractivity contribution in [2.75, 3.05) is 5.73 Å². The summed E-state index contributed by atoms with van der Waals surface area (Å²) >= 11 is 1.14. The number of rotatable bonds is 1. The summed E-state index contributed by atoms with van der Waals surface area (Å²) in [5.74, 6) is 0.305. The zero-order chi connectivity index (χ0) is 10.1. The SMILES string of the molecule is Cc1cc(F)ccc1-c1nsc(N)n1. The molecule has 0 saturated heterocycles. The normalized spacial score (nSPS) is 10.4. The lowest BCUT2D eigenvalue weighted by Gasteiger charge is -2.00. The van der Waals surface area contributed by atoms with Crippen molar-refractivity contribution in [1.82, 2.24) is 9.36 Å². The van der Waals surface area contributed by atoms with E-state index < -0.39 is 0 Å². The first-order chi connectivity index (χ1) is 6.66. The summed E-state index contributed by atoms with van der Waals surface area (Å²) in [6.07, 6.45) is 0. The van der Waals surface area contributed by atoms with Gasteiger partial charge in [0.25, 0.3) is 0 Å². The van der Waals surface area contributed by atoms with Crippen molar-refractivity contribution in [2.24, 2.45) is 0 Å². The number of anilines is 1. The third kappa shape index (κ3) is 1.58. The lowest BCUT2D eigenvalue weighted by atomic mass is 10.1. The number of halogens is 1. The monoisotopic (exact) mass is 209 g/mol. The third-order valence-corrected chi connectivity index (χ3v) is 2.41. The van der Waals surface area contributed by atoms with Gasteiger partial charge in [0.2, 0.25) is 0 Å². The van der Waals surface area contributed by atoms with Crippen molar-refractivity contribution in [2.45, 2.75) is 6.92 Å². The quantitative estimate of drug-likeness (QED) is 0.783. The molecule has 2 N–H and O–H groups in total. The molecule has 0 saturated carbocycles. The largest absolute Gasteiger partial charge is 0.374 e. The van der Waals surface area contributed by atoms with E-state index in [0.29, 0.717) is 11.0 Å². The van der Waals surface area contributed by atoms with Crippen LogP contribution in [0, 0.1) is 12.7 Å². The van der Waals surface area contributed by atoms with Gasteiger partial charge >= 0.3 is 0 Å². The minimum atomic E-state index is -0.255. The second-order valence-electron chi connectivity index (χ2n) is 2.92. The lowest BCUT2D eigenvalue weighted by molar-refractivity contribution is 0.627. The van der Waals surface area contributed by atoms with E-state index in [4.69, 9.17) is 5.73 Å². The molecule has 0 spiro atoms. The molecule has 1 aromatic carbocycles. The van der Waals surface area contributed by atoms with Gasteiger partial charge in [-0.2, -0.15) is 9.36 Å². The summed E-state index contributed by atoms with van der Waals surface area (Å²) in [7, 11) is 0. The highest BCUT2D eigenvalue weighted by molar-refractivity contribution is 7.09. The highest BCUT2D eigenvalue weighted by Crippen LogP contribution is 2.23. The van der Waals surface area contributed by atoms with Crippen molar-refractivity contribution >= 4 is 16.7 Å². The predicted molar refractivity (Wildman–Crippen MR) is 54.5 cm³/mol. The van der Waals surface area contributed by atoms with Crippen LogP contribution in [0.4, 0.5) is 9.52 Å². The van der Waals surface area contributed by atoms with Crippen LogP contribution >= 0.6 is 11.5 Å². The number of hydrogen-bond donors (Lipinski definition) is 1. The van der Waals surface area contributed by atoms with E-state index in [9.17, 15) is 4.39 Å². The number of aryl methyl sites for hydroxylation is 1. The Morgan fingerprint density at radius 1 is 1.43 bits per heavy atom. The fraction of sp³-hybridized carbons (Fsp3) is 0.111. The Bertz CT molecular complexity index is 467. The maximum atomic E-state index is 12.8. The van der Waals surface area contributed by atoms with Crippen LogP contribution in [0.15, 0.2) is 18.2 Å². The number of nitrogens with two attached hydrogens (primary N) is 1. The van der Waals surface area contributed by atoms with Gasteiger partial charge in [-0.3, -0.25) is 0 Å². The number of hydrogen-bond acceptors (Lipinski definition) is 4. The molecule has 1 heterocycles. The zero-order valence-electron chi connectivity index (χ0n) is 7.49. The van der Waals surface area contributed by atoms with Gasteiger partial charge in [-0.15, -0.1) is 0 Å². The number of aromatic nitrogens is 2. The fourth-order valence-electron chi connectivity index (χ4n) is 1.22. The van der Waals surface area contributed by atoms with Crippen LogP contribution in [0.2, 0.25) is 0 Å². The van der Waals surface area contributed by atoms with E-state index in [1.54, 1.807) is 6.07 Å². The number of benzene rings is 1. The Morgan fingerprint density at radius 3 is 2.79 bits per heavy atom. The lowest BCUT2D eigenvalue weighted by Crippen LogP contribution is -1.88. The van der Waals surface area contributed by atoms with E-state index in [1.165, 1.54) is 12.1 Å². The molecule has 0 aliphatic rings. The van der Waals surface area contributed by atoms with Crippen LogP contribution in [-0.4, -0.2) is 9.36 Å². The highest BCUT2D eigenvalue weighted by Gasteiger charge is 2.07. The van der Waals surface area contributed by atoms with E-state index in [-0.39, 0.29) is 5.82 Å². The summed E-state index contributed by atoms with van der Waals surface area (Å²) in [6, 6.07) is 4.50. The predicted octanol–water partition coefficient (Wildman–Crippen LogP) is 2.23. The van der Waals surface area contributed by atoms with E-state index in [1.807, 2.05) is 6.92 Å². The molecular formula is C9H8FN3S. The second-order valence-corrected chi connectivity index (χ2v) is 3.70. The van der Waals surface area contributed by atoms with Crippen molar-refractivity contribution in [3.8, 4) is 11.4 Å². The van der Waals surface area contributed by atoms with Gasteiger partial charge in [0.15, 0.2) is 11.0 Å². The first-order valence-corrected chi connectivity index (χ1v) is 4.80. The van der Waals surface area contributed by atoms with Crippen LogP contribution in [0.5, 0.6) is 0 Å². The highest BCUT2D eigenvalue weighted by atomic mass is 32.1. The molecule has 0 unspecified atom stereocenters. The van der Waals surface area contributed by atoms with Gasteiger partial charge in [0.05, 0.1) is 0 Å². The standard InChI is InChI=1S/C9H8FN3S/c1-5-4-6(10)2-3-7(5)8-12-9(11)14-13-8/h2-4H,1H3,(H2,11,12,13). The molecule has 2 rings (SSSR count). The smallest absolute Gasteiger partial charge is 0.200 e. The topological polar surface area (TPSA) is 51.8 Å². The Morgan fingerprint density at radius 2 is 2.21 bits per heavy atom. The first-order valence-electron chi connectivity index (χ1n) is 4.02. The maximum absolute atomic E-state index is 12.8. The van der Waals surface area contributed by atoms with Crippen molar-refractivity contribution in [1.29, 1.82) is 0 Å². The summed E-state index contributed by atoms with van der Waals surface area (Å²) in [5.41, 5.74) is 7.09. The van der Waals surface area contributed by atoms with Gasteiger partial charge in [-0.25, -0.2) is 4.39 Å². The van der Waals surface area contributed by atoms with Crippen LogP contribution in [0.1, 0.15) is 5.56 Å². The first kappa shape index (κ1) is 9.08. The Hall–Kier alpha value is -1.49. The van der Waals surface area contributed by atoms with E-state index >= 15 is 0 Å². The molecule has 0 radical (unpaired) electrons. The van der Waals surface area contributed by atoms with E-state index in [2.05, 4.69) is 9.36 Å². The molecule has 0 fully saturated rings. The van der Waals surface area contributed by atoms with Crippen molar-refractivity contribution < 1.29 is 4.39 Å². The molecular weight excluding hydrogens is 201 g/mol. The Balaban J connectivity index is 2.52. The minimum absolute atomic E-state index is 0.255. The van der Waals surface area contributed by atoms with Gasteiger partial charge in [-0.05, 0) is 30.7 Å². The van der Waals surface area contributed by atoms with Gasteiger partial charge in [0.1, 0.15) is 5.82 Å². The van der Waals surface area contributed by atoms with Gasteiger partial charge in [-0.1, -0.05) is 0 Å². The molecule has 0 amide bonds. The average Bonchev–Trinajstić information content (AvgIpc) is 2.51. The Labute approximate surface area is 84.6 Å². The molecule has 14 heavy (non-hydrogen) atoms. The number of nitrogens with zero attached hydrogens (tertiary/aromatic N) is 2. The molecule has 3 nitrogen and oxygen atoms in total. The molecule has 0 bridgehead atoms. The summed E-state index contributed by atoms with van der Waals surface area (Å²) in [4.78, 5) is 4.03. The fourth-order valence-corrected chi connectivity index (χ4v) is 1.67. The summed E-state index contributed by atoms with van der Waals surface area (Å²) in [5, 5.41) is 0.420.